The summed E-state index contributed by atoms with van der Waals surface area (Å²) in [5.41, 5.74) is 9.44. The van der Waals surface area contributed by atoms with E-state index in [9.17, 15) is 8.78 Å². The lowest BCUT2D eigenvalue weighted by molar-refractivity contribution is 0.572. The number of nitrogens with two attached hydrogens (primary N) is 1. The fraction of sp³-hybridized carbons (Fsp3) is 0.235. The molecule has 2 rings (SSSR count). The van der Waals surface area contributed by atoms with Gasteiger partial charge in [-0.3, -0.25) is 4.99 Å². The van der Waals surface area contributed by atoms with Crippen molar-refractivity contribution in [3.05, 3.63) is 64.7 Å². The van der Waals surface area contributed by atoms with E-state index in [0.717, 1.165) is 17.3 Å². The summed E-state index contributed by atoms with van der Waals surface area (Å²) in [4.78, 5) is 4.15. The third-order valence-electron chi connectivity index (χ3n) is 3.46. The maximum absolute atomic E-state index is 13.5. The van der Waals surface area contributed by atoms with E-state index in [2.05, 4.69) is 10.3 Å². The number of aliphatic imine (C=N–C) groups is 1. The molecule has 0 unspecified atom stereocenters. The van der Waals surface area contributed by atoms with E-state index in [-0.39, 0.29) is 29.9 Å². The van der Waals surface area contributed by atoms with Gasteiger partial charge in [0.25, 0.3) is 0 Å². The van der Waals surface area contributed by atoms with Crippen molar-refractivity contribution in [1.29, 1.82) is 0 Å². The van der Waals surface area contributed by atoms with Crippen LogP contribution in [0.4, 0.5) is 14.5 Å². The predicted molar refractivity (Wildman–Crippen MR) is 102 cm³/mol. The summed E-state index contributed by atoms with van der Waals surface area (Å²) < 4.78 is 26.3. The van der Waals surface area contributed by atoms with Crippen molar-refractivity contribution in [1.82, 2.24) is 0 Å². The maximum Gasteiger partial charge on any atom is 0.193 e. The first-order valence-electron chi connectivity index (χ1n) is 7.04. The summed E-state index contributed by atoms with van der Waals surface area (Å²) in [7, 11) is 0. The number of benzene rings is 2. The quantitative estimate of drug-likeness (QED) is 0.434. The molecule has 0 bridgehead atoms. The van der Waals surface area contributed by atoms with Crippen LogP contribution >= 0.6 is 24.0 Å². The molecule has 0 atom stereocenters. The van der Waals surface area contributed by atoms with Gasteiger partial charge in [0.2, 0.25) is 0 Å². The summed E-state index contributed by atoms with van der Waals surface area (Å²) in [6, 6.07) is 9.43. The Balaban J connectivity index is 0.00000264. The minimum atomic E-state index is -0.583. The molecule has 2 aromatic rings. The van der Waals surface area contributed by atoms with Crippen LogP contribution in [-0.2, 0) is 6.42 Å². The monoisotopic (exact) mass is 431 g/mol. The van der Waals surface area contributed by atoms with Crippen LogP contribution < -0.4 is 11.1 Å². The number of anilines is 1. The highest BCUT2D eigenvalue weighted by Crippen LogP contribution is 2.14. The van der Waals surface area contributed by atoms with E-state index in [0.29, 0.717) is 18.5 Å². The molecular weight excluding hydrogens is 411 g/mol. The molecule has 2 aromatic carbocycles. The molecule has 0 saturated heterocycles. The van der Waals surface area contributed by atoms with E-state index in [4.69, 9.17) is 5.73 Å². The van der Waals surface area contributed by atoms with Crippen LogP contribution in [-0.4, -0.2) is 12.5 Å². The van der Waals surface area contributed by atoms with Gasteiger partial charge in [0.1, 0.15) is 11.6 Å². The molecule has 0 aliphatic rings. The van der Waals surface area contributed by atoms with Crippen molar-refractivity contribution in [2.24, 2.45) is 10.7 Å². The third kappa shape index (κ3) is 5.78. The van der Waals surface area contributed by atoms with Crippen LogP contribution in [0.5, 0.6) is 0 Å². The van der Waals surface area contributed by atoms with Crippen LogP contribution in [0, 0.1) is 25.5 Å². The van der Waals surface area contributed by atoms with Crippen molar-refractivity contribution in [2.75, 3.05) is 11.9 Å². The van der Waals surface area contributed by atoms with Crippen LogP contribution in [0.3, 0.4) is 0 Å². The zero-order chi connectivity index (χ0) is 16.1. The van der Waals surface area contributed by atoms with Gasteiger partial charge in [-0.25, -0.2) is 8.78 Å². The lowest BCUT2D eigenvalue weighted by Crippen LogP contribution is -2.23. The van der Waals surface area contributed by atoms with Gasteiger partial charge in [0, 0.05) is 18.3 Å². The number of aryl methyl sites for hydroxylation is 2. The second-order valence-electron chi connectivity index (χ2n) is 5.18. The number of hydrogen-bond donors (Lipinski definition) is 2. The Morgan fingerprint density at radius 2 is 1.83 bits per heavy atom. The van der Waals surface area contributed by atoms with Gasteiger partial charge in [0.05, 0.1) is 0 Å². The van der Waals surface area contributed by atoms with Crippen LogP contribution in [0.15, 0.2) is 41.4 Å². The summed E-state index contributed by atoms with van der Waals surface area (Å²) >= 11 is 0. The Morgan fingerprint density at radius 1 is 1.09 bits per heavy atom. The average Bonchev–Trinajstić information content (AvgIpc) is 2.45. The highest BCUT2D eigenvalue weighted by atomic mass is 127. The van der Waals surface area contributed by atoms with Gasteiger partial charge in [-0.2, -0.15) is 0 Å². The number of halogens is 3. The Morgan fingerprint density at radius 3 is 2.48 bits per heavy atom. The number of guanidine groups is 1. The van der Waals surface area contributed by atoms with E-state index in [1.165, 1.54) is 17.7 Å². The molecular formula is C17H20F2IN3. The van der Waals surface area contributed by atoms with Gasteiger partial charge in [-0.15, -0.1) is 24.0 Å². The molecule has 23 heavy (non-hydrogen) atoms. The fourth-order valence-corrected chi connectivity index (χ4v) is 2.03. The van der Waals surface area contributed by atoms with E-state index in [1.807, 2.05) is 32.0 Å². The smallest absolute Gasteiger partial charge is 0.193 e. The maximum atomic E-state index is 13.5. The minimum absolute atomic E-state index is 0. The lowest BCUT2D eigenvalue weighted by Gasteiger charge is -2.08. The highest BCUT2D eigenvalue weighted by Gasteiger charge is 2.03. The molecule has 0 aromatic heterocycles. The standard InChI is InChI=1S/C17H19F2N3.HI/c1-11-3-6-15(9-12(11)2)22-17(20)21-8-7-13-4-5-14(18)10-16(13)19;/h3-6,9-10H,7-8H2,1-2H3,(H3,20,21,22);1H. The van der Waals surface area contributed by atoms with Crippen LogP contribution in [0.2, 0.25) is 0 Å². The molecule has 0 aliphatic heterocycles. The Labute approximate surface area is 152 Å². The van der Waals surface area contributed by atoms with Crippen molar-refractivity contribution >= 4 is 35.6 Å². The van der Waals surface area contributed by atoms with E-state index < -0.39 is 11.6 Å². The molecule has 0 amide bonds. The topological polar surface area (TPSA) is 50.4 Å². The zero-order valence-corrected chi connectivity index (χ0v) is 15.4. The van der Waals surface area contributed by atoms with Crippen molar-refractivity contribution in [2.45, 2.75) is 20.3 Å². The Kier molecular flexibility index (Phi) is 7.41. The predicted octanol–water partition coefficient (Wildman–Crippen LogP) is 4.17. The van der Waals surface area contributed by atoms with E-state index in [1.54, 1.807) is 0 Å². The molecule has 6 heteroatoms. The first-order valence-corrected chi connectivity index (χ1v) is 7.04. The molecule has 0 radical (unpaired) electrons. The normalized spacial score (nSPS) is 11.0. The number of nitrogens with zero attached hydrogens (tertiary/aromatic N) is 1. The SMILES string of the molecule is Cc1ccc(NC(N)=NCCc2ccc(F)cc2F)cc1C.I. The molecule has 3 nitrogen and oxygen atoms in total. The van der Waals surface area contributed by atoms with Gasteiger partial charge in [-0.1, -0.05) is 12.1 Å². The molecule has 0 saturated carbocycles. The Bertz CT molecular complexity index is 702. The number of hydrogen-bond acceptors (Lipinski definition) is 1. The molecule has 0 fully saturated rings. The first-order chi connectivity index (χ1) is 10.5. The molecule has 0 spiro atoms. The lowest BCUT2D eigenvalue weighted by atomic mass is 10.1. The summed E-state index contributed by atoms with van der Waals surface area (Å²) in [6.45, 7) is 4.38. The van der Waals surface area contributed by atoms with Crippen molar-refractivity contribution in [3.63, 3.8) is 0 Å². The Hall–Kier alpha value is -1.70. The number of nitrogens with one attached hydrogen (secondary N) is 1. The summed E-state index contributed by atoms with van der Waals surface area (Å²) in [6.07, 6.45) is 0.363. The van der Waals surface area contributed by atoms with Gasteiger partial charge >= 0.3 is 0 Å². The van der Waals surface area contributed by atoms with E-state index >= 15 is 0 Å². The van der Waals surface area contributed by atoms with Gasteiger partial charge in [0.15, 0.2) is 5.96 Å². The van der Waals surface area contributed by atoms with Crippen molar-refractivity contribution < 1.29 is 8.78 Å². The first kappa shape index (κ1) is 19.3. The molecule has 0 aliphatic carbocycles. The molecule has 3 N–H and O–H groups in total. The summed E-state index contributed by atoms with van der Waals surface area (Å²) in [5, 5.41) is 2.99. The molecule has 124 valence electrons. The van der Waals surface area contributed by atoms with Gasteiger partial charge in [-0.05, 0) is 55.2 Å². The zero-order valence-electron chi connectivity index (χ0n) is 13.1. The van der Waals surface area contributed by atoms with Crippen LogP contribution in [0.1, 0.15) is 16.7 Å². The fourth-order valence-electron chi connectivity index (χ4n) is 2.03. The second kappa shape index (κ2) is 8.81. The second-order valence-corrected chi connectivity index (χ2v) is 5.18. The van der Waals surface area contributed by atoms with Gasteiger partial charge < -0.3 is 11.1 Å². The van der Waals surface area contributed by atoms with Crippen molar-refractivity contribution in [3.8, 4) is 0 Å². The average molecular weight is 431 g/mol. The highest BCUT2D eigenvalue weighted by molar-refractivity contribution is 14.0. The minimum Gasteiger partial charge on any atom is -0.370 e. The third-order valence-corrected chi connectivity index (χ3v) is 3.46. The van der Waals surface area contributed by atoms with Crippen LogP contribution in [0.25, 0.3) is 0 Å². The molecule has 0 heterocycles. The largest absolute Gasteiger partial charge is 0.370 e. The summed E-state index contributed by atoms with van der Waals surface area (Å²) in [5.74, 6) is -0.873. The number of rotatable bonds is 4.